The number of hydrogen-bond acceptors (Lipinski definition) is 2. The largest absolute Gasteiger partial charge is 0.428 e. The second kappa shape index (κ2) is 3.88. The molecule has 0 aliphatic heterocycles. The summed E-state index contributed by atoms with van der Waals surface area (Å²) in [5.74, 6) is 0.201. The molecule has 10 heavy (non-hydrogen) atoms. The molecule has 2 heteroatoms. The summed E-state index contributed by atoms with van der Waals surface area (Å²) < 4.78 is 4.71. The molecular formula is C8H12O2. The molecule has 0 rings (SSSR count). The maximum atomic E-state index is 10.5. The standard InChI is InChI=1S/C8H12O2/c1-5-8(9)10-7(4)6(2)3/h5-6H,1,4H2,2-3H3. The van der Waals surface area contributed by atoms with Gasteiger partial charge in [0, 0.05) is 12.0 Å². The summed E-state index contributed by atoms with van der Waals surface area (Å²) >= 11 is 0. The fraction of sp³-hybridized carbons (Fsp3) is 0.375. The highest BCUT2D eigenvalue weighted by atomic mass is 16.5. The van der Waals surface area contributed by atoms with Crippen LogP contribution in [-0.2, 0) is 9.53 Å². The van der Waals surface area contributed by atoms with E-state index in [0.29, 0.717) is 5.76 Å². The van der Waals surface area contributed by atoms with Gasteiger partial charge in [0.05, 0.1) is 0 Å². The molecule has 56 valence electrons. The van der Waals surface area contributed by atoms with Crippen molar-refractivity contribution in [3.63, 3.8) is 0 Å². The van der Waals surface area contributed by atoms with Crippen molar-refractivity contribution in [2.75, 3.05) is 0 Å². The smallest absolute Gasteiger partial charge is 0.335 e. The number of esters is 1. The van der Waals surface area contributed by atoms with Gasteiger partial charge in [-0.15, -0.1) is 0 Å². The number of allylic oxidation sites excluding steroid dienone is 1. The Morgan fingerprint density at radius 2 is 2.10 bits per heavy atom. The first-order valence-corrected chi connectivity index (χ1v) is 3.11. The van der Waals surface area contributed by atoms with E-state index in [1.807, 2.05) is 13.8 Å². The number of hydrogen-bond donors (Lipinski definition) is 0. The molecule has 0 radical (unpaired) electrons. The Morgan fingerprint density at radius 3 is 2.40 bits per heavy atom. The number of carbonyl (C=O) groups excluding carboxylic acids is 1. The van der Waals surface area contributed by atoms with Gasteiger partial charge in [0.15, 0.2) is 0 Å². The second-order valence-electron chi connectivity index (χ2n) is 2.25. The normalized spacial score (nSPS) is 9.10. The predicted molar refractivity (Wildman–Crippen MR) is 40.3 cm³/mol. The van der Waals surface area contributed by atoms with E-state index in [1.165, 1.54) is 0 Å². The van der Waals surface area contributed by atoms with Crippen LogP contribution in [0.4, 0.5) is 0 Å². The van der Waals surface area contributed by atoms with Gasteiger partial charge in [-0.3, -0.25) is 0 Å². The van der Waals surface area contributed by atoms with Gasteiger partial charge in [0.2, 0.25) is 0 Å². The summed E-state index contributed by atoms with van der Waals surface area (Å²) in [4.78, 5) is 10.5. The van der Waals surface area contributed by atoms with E-state index in [9.17, 15) is 4.79 Å². The quantitative estimate of drug-likeness (QED) is 0.340. The van der Waals surface area contributed by atoms with E-state index in [-0.39, 0.29) is 5.92 Å². The van der Waals surface area contributed by atoms with E-state index < -0.39 is 5.97 Å². The molecular weight excluding hydrogens is 128 g/mol. The lowest BCUT2D eigenvalue weighted by Crippen LogP contribution is -2.03. The third kappa shape index (κ3) is 3.07. The SMILES string of the molecule is C=CC(=O)OC(=C)C(C)C. The second-order valence-corrected chi connectivity index (χ2v) is 2.25. The van der Waals surface area contributed by atoms with Gasteiger partial charge < -0.3 is 4.74 Å². The summed E-state index contributed by atoms with van der Waals surface area (Å²) in [5, 5.41) is 0. The summed E-state index contributed by atoms with van der Waals surface area (Å²) in [6.07, 6.45) is 1.12. The molecule has 0 amide bonds. The van der Waals surface area contributed by atoms with Crippen molar-refractivity contribution >= 4 is 5.97 Å². The fourth-order valence-corrected chi connectivity index (χ4v) is 0.289. The summed E-state index contributed by atoms with van der Waals surface area (Å²) in [5.41, 5.74) is 0. The summed E-state index contributed by atoms with van der Waals surface area (Å²) in [6, 6.07) is 0. The van der Waals surface area contributed by atoms with Crippen molar-refractivity contribution in [3.8, 4) is 0 Å². The van der Waals surface area contributed by atoms with E-state index >= 15 is 0 Å². The van der Waals surface area contributed by atoms with Crippen LogP contribution in [0.5, 0.6) is 0 Å². The molecule has 0 heterocycles. The lowest BCUT2D eigenvalue weighted by atomic mass is 10.2. The van der Waals surface area contributed by atoms with Gasteiger partial charge in [-0.05, 0) is 0 Å². The molecule has 2 nitrogen and oxygen atoms in total. The molecule has 0 saturated carbocycles. The van der Waals surface area contributed by atoms with Gasteiger partial charge in [-0.1, -0.05) is 27.0 Å². The highest BCUT2D eigenvalue weighted by Crippen LogP contribution is 2.07. The van der Waals surface area contributed by atoms with Crippen molar-refractivity contribution in [3.05, 3.63) is 25.0 Å². The average Bonchev–Trinajstić information content (AvgIpc) is 1.87. The van der Waals surface area contributed by atoms with Crippen LogP contribution in [0.15, 0.2) is 25.0 Å². The van der Waals surface area contributed by atoms with Crippen molar-refractivity contribution in [1.82, 2.24) is 0 Å². The highest BCUT2D eigenvalue weighted by molar-refractivity contribution is 5.82. The van der Waals surface area contributed by atoms with E-state index in [2.05, 4.69) is 13.2 Å². The van der Waals surface area contributed by atoms with Gasteiger partial charge >= 0.3 is 5.97 Å². The molecule has 0 aromatic carbocycles. The third-order valence-corrected chi connectivity index (χ3v) is 1.04. The van der Waals surface area contributed by atoms with Gasteiger partial charge in [-0.2, -0.15) is 0 Å². The number of rotatable bonds is 3. The molecule has 0 fully saturated rings. The van der Waals surface area contributed by atoms with Gasteiger partial charge in [0.1, 0.15) is 5.76 Å². The Labute approximate surface area is 61.2 Å². The maximum absolute atomic E-state index is 10.5. The number of carbonyl (C=O) groups is 1. The van der Waals surface area contributed by atoms with Gasteiger partial charge in [-0.25, -0.2) is 4.79 Å². The van der Waals surface area contributed by atoms with Gasteiger partial charge in [0.25, 0.3) is 0 Å². The first-order valence-electron chi connectivity index (χ1n) is 3.11. The lowest BCUT2D eigenvalue weighted by molar-refractivity contribution is -0.134. The Hall–Kier alpha value is -1.05. The van der Waals surface area contributed by atoms with Crippen LogP contribution < -0.4 is 0 Å². The molecule has 0 saturated heterocycles. The molecule has 0 bridgehead atoms. The Morgan fingerprint density at radius 1 is 1.60 bits per heavy atom. The van der Waals surface area contributed by atoms with Crippen LogP contribution in [-0.4, -0.2) is 5.97 Å². The molecule has 0 N–H and O–H groups in total. The monoisotopic (exact) mass is 140 g/mol. The van der Waals surface area contributed by atoms with Crippen molar-refractivity contribution in [2.45, 2.75) is 13.8 Å². The Bertz CT molecular complexity index is 157. The van der Waals surface area contributed by atoms with Crippen LogP contribution in [0, 0.1) is 5.92 Å². The van der Waals surface area contributed by atoms with E-state index in [1.54, 1.807) is 0 Å². The zero-order valence-corrected chi connectivity index (χ0v) is 6.39. The zero-order chi connectivity index (χ0) is 8.15. The Kier molecular flexibility index (Phi) is 3.47. The molecule has 0 unspecified atom stereocenters. The van der Waals surface area contributed by atoms with Crippen LogP contribution in [0.3, 0.4) is 0 Å². The van der Waals surface area contributed by atoms with E-state index in [4.69, 9.17) is 4.74 Å². The molecule has 0 aliphatic carbocycles. The lowest BCUT2D eigenvalue weighted by Gasteiger charge is -2.06. The molecule has 0 aliphatic rings. The van der Waals surface area contributed by atoms with Crippen molar-refractivity contribution in [2.24, 2.45) is 5.92 Å². The zero-order valence-electron chi connectivity index (χ0n) is 6.39. The minimum atomic E-state index is -0.446. The molecule has 0 spiro atoms. The summed E-state index contributed by atoms with van der Waals surface area (Å²) in [7, 11) is 0. The highest BCUT2D eigenvalue weighted by Gasteiger charge is 2.03. The summed E-state index contributed by atoms with van der Waals surface area (Å²) in [6.45, 7) is 10.6. The third-order valence-electron chi connectivity index (χ3n) is 1.04. The fourth-order valence-electron chi connectivity index (χ4n) is 0.289. The first-order chi connectivity index (χ1) is 4.57. The first kappa shape index (κ1) is 8.95. The minimum Gasteiger partial charge on any atom is -0.428 e. The predicted octanol–water partition coefficient (Wildman–Crippen LogP) is 1.89. The van der Waals surface area contributed by atoms with E-state index in [0.717, 1.165) is 6.08 Å². The minimum absolute atomic E-state index is 0.170. The Balaban J connectivity index is 3.80. The molecule has 0 aromatic rings. The number of ether oxygens (including phenoxy) is 1. The van der Waals surface area contributed by atoms with Crippen molar-refractivity contribution < 1.29 is 9.53 Å². The van der Waals surface area contributed by atoms with Crippen LogP contribution >= 0.6 is 0 Å². The van der Waals surface area contributed by atoms with Crippen LogP contribution in [0.2, 0.25) is 0 Å². The average molecular weight is 140 g/mol. The van der Waals surface area contributed by atoms with Crippen LogP contribution in [0.25, 0.3) is 0 Å². The molecule has 0 atom stereocenters. The molecule has 0 aromatic heterocycles. The topological polar surface area (TPSA) is 26.3 Å². The van der Waals surface area contributed by atoms with Crippen molar-refractivity contribution in [1.29, 1.82) is 0 Å². The van der Waals surface area contributed by atoms with Crippen LogP contribution in [0.1, 0.15) is 13.8 Å². The maximum Gasteiger partial charge on any atom is 0.335 e.